The zero-order valence-electron chi connectivity index (χ0n) is 15.5. The fourth-order valence-corrected chi connectivity index (χ4v) is 2.57. The van der Waals surface area contributed by atoms with E-state index in [9.17, 15) is 19.8 Å². The minimum atomic E-state index is -1.37. The lowest BCUT2D eigenvalue weighted by molar-refractivity contribution is -0.134. The molecule has 0 amide bonds. The largest absolute Gasteiger partial charge is 0.507 e. The second kappa shape index (κ2) is 15.9. The van der Waals surface area contributed by atoms with Crippen LogP contribution in [0.15, 0.2) is 23.5 Å². The number of unbranched alkanes of at least 4 members (excludes halogenated alkanes) is 9. The highest BCUT2D eigenvalue weighted by Crippen LogP contribution is 2.13. The fourth-order valence-electron chi connectivity index (χ4n) is 2.57. The minimum absolute atomic E-state index is 0.161. The van der Waals surface area contributed by atoms with E-state index >= 15 is 0 Å². The maximum absolute atomic E-state index is 12.0. The van der Waals surface area contributed by atoms with E-state index in [-0.39, 0.29) is 13.0 Å². The summed E-state index contributed by atoms with van der Waals surface area (Å²) >= 11 is 0. The van der Waals surface area contributed by atoms with Crippen molar-refractivity contribution in [3.8, 4) is 0 Å². The predicted octanol–water partition coefficient (Wildman–Crippen LogP) is 4.70. The molecule has 0 aliphatic rings. The van der Waals surface area contributed by atoms with Gasteiger partial charge in [-0.3, -0.25) is 4.79 Å². The van der Waals surface area contributed by atoms with E-state index in [0.29, 0.717) is 6.42 Å². The summed E-state index contributed by atoms with van der Waals surface area (Å²) in [6, 6.07) is 0. The molecule has 0 saturated heterocycles. The lowest BCUT2D eigenvalue weighted by Gasteiger charge is -2.04. The molecule has 144 valence electrons. The summed E-state index contributed by atoms with van der Waals surface area (Å²) in [4.78, 5) is 23.3. The Balaban J connectivity index is 4.33. The topological polar surface area (TPSA) is 94.8 Å². The monoisotopic (exact) mass is 354 g/mol. The molecular weight excluding hydrogens is 320 g/mol. The molecule has 0 radical (unpaired) electrons. The second-order valence-electron chi connectivity index (χ2n) is 6.34. The number of rotatable bonds is 16. The molecule has 0 aromatic carbocycles. The van der Waals surface area contributed by atoms with Crippen LogP contribution in [0.1, 0.15) is 84.0 Å². The molecule has 0 saturated carbocycles. The first-order valence-electron chi connectivity index (χ1n) is 9.51. The molecule has 0 unspecified atom stereocenters. The molecule has 5 heteroatoms. The molecule has 0 heterocycles. The van der Waals surface area contributed by atoms with Crippen molar-refractivity contribution in [1.82, 2.24) is 0 Å². The van der Waals surface area contributed by atoms with Gasteiger partial charge in [0.2, 0.25) is 0 Å². The average molecular weight is 354 g/mol. The number of ketones is 1. The lowest BCUT2D eigenvalue weighted by Crippen LogP contribution is -2.14. The summed E-state index contributed by atoms with van der Waals surface area (Å²) in [5.74, 6) is -2.33. The van der Waals surface area contributed by atoms with Crippen LogP contribution >= 0.6 is 0 Å². The first-order valence-corrected chi connectivity index (χ1v) is 9.51. The maximum atomic E-state index is 12.0. The third kappa shape index (κ3) is 12.4. The number of aliphatic hydroxyl groups is 2. The van der Waals surface area contributed by atoms with Gasteiger partial charge in [0.25, 0.3) is 0 Å². The number of hydrogen-bond acceptors (Lipinski definition) is 4. The van der Waals surface area contributed by atoms with E-state index in [4.69, 9.17) is 5.11 Å². The van der Waals surface area contributed by atoms with E-state index in [1.165, 1.54) is 6.08 Å². The highest BCUT2D eigenvalue weighted by atomic mass is 16.4. The van der Waals surface area contributed by atoms with Crippen LogP contribution in [-0.4, -0.2) is 33.7 Å². The molecule has 0 aliphatic heterocycles. The maximum Gasteiger partial charge on any atom is 0.343 e. The molecule has 0 aromatic rings. The summed E-state index contributed by atoms with van der Waals surface area (Å²) < 4.78 is 0. The average Bonchev–Trinajstić information content (AvgIpc) is 2.57. The van der Waals surface area contributed by atoms with E-state index in [0.717, 1.165) is 64.2 Å². The molecule has 0 aliphatic carbocycles. The van der Waals surface area contributed by atoms with E-state index in [2.05, 4.69) is 6.92 Å². The third-order valence-electron chi connectivity index (χ3n) is 4.06. The van der Waals surface area contributed by atoms with Crippen LogP contribution in [0.5, 0.6) is 0 Å². The predicted molar refractivity (Wildman–Crippen MR) is 99.6 cm³/mol. The summed E-state index contributed by atoms with van der Waals surface area (Å²) in [5.41, 5.74) is -0.505. The van der Waals surface area contributed by atoms with Gasteiger partial charge in [0.15, 0.2) is 5.78 Å². The van der Waals surface area contributed by atoms with Crippen LogP contribution in [0, 0.1) is 0 Å². The molecule has 5 nitrogen and oxygen atoms in total. The van der Waals surface area contributed by atoms with Crippen LogP contribution in [0.2, 0.25) is 0 Å². The zero-order chi connectivity index (χ0) is 18.9. The molecular formula is C20H34O5. The number of carbonyl (C=O) groups excluding carboxylic acids is 1. The highest BCUT2D eigenvalue weighted by molar-refractivity contribution is 6.17. The van der Waals surface area contributed by atoms with Gasteiger partial charge in [-0.05, 0) is 31.8 Å². The van der Waals surface area contributed by atoms with Gasteiger partial charge in [0, 0.05) is 13.0 Å². The molecule has 0 rings (SSSR count). The molecule has 0 aromatic heterocycles. The van der Waals surface area contributed by atoms with Crippen molar-refractivity contribution in [3.05, 3.63) is 23.5 Å². The summed E-state index contributed by atoms with van der Waals surface area (Å²) in [5, 5.41) is 27.8. The van der Waals surface area contributed by atoms with Crippen LogP contribution in [0.4, 0.5) is 0 Å². The van der Waals surface area contributed by atoms with Crippen molar-refractivity contribution in [2.45, 2.75) is 84.0 Å². The Hall–Kier alpha value is -1.62. The first kappa shape index (κ1) is 23.4. The molecule has 0 atom stereocenters. The number of carboxylic acid groups (broad SMARTS) is 1. The van der Waals surface area contributed by atoms with Crippen LogP contribution in [-0.2, 0) is 9.59 Å². The number of allylic oxidation sites excluding steroid dienone is 2. The summed E-state index contributed by atoms with van der Waals surface area (Å²) in [6.07, 6.45) is 13.6. The van der Waals surface area contributed by atoms with Crippen molar-refractivity contribution < 1.29 is 24.9 Å². The summed E-state index contributed by atoms with van der Waals surface area (Å²) in [7, 11) is 0. The second-order valence-corrected chi connectivity index (χ2v) is 6.34. The van der Waals surface area contributed by atoms with Crippen molar-refractivity contribution in [2.24, 2.45) is 0 Å². The zero-order valence-corrected chi connectivity index (χ0v) is 15.5. The molecule has 0 spiro atoms. The van der Waals surface area contributed by atoms with Gasteiger partial charge < -0.3 is 15.3 Å². The minimum Gasteiger partial charge on any atom is -0.507 e. The van der Waals surface area contributed by atoms with Crippen LogP contribution in [0.25, 0.3) is 0 Å². The van der Waals surface area contributed by atoms with E-state index < -0.39 is 23.1 Å². The highest BCUT2D eigenvalue weighted by Gasteiger charge is 2.20. The lowest BCUT2D eigenvalue weighted by atomic mass is 10.0. The van der Waals surface area contributed by atoms with Crippen molar-refractivity contribution in [1.29, 1.82) is 0 Å². The van der Waals surface area contributed by atoms with Crippen molar-refractivity contribution in [2.75, 3.05) is 6.61 Å². The van der Waals surface area contributed by atoms with Gasteiger partial charge in [0.05, 0.1) is 0 Å². The third-order valence-corrected chi connectivity index (χ3v) is 4.06. The molecule has 0 fully saturated rings. The standard InChI is InChI=1S/C20H34O5/c1-2-3-4-8-11-14-17(22)19(20(24)25)18(23)15-12-9-6-5-7-10-13-16-21/h12,15,21,23H,2-11,13-14,16H2,1H3,(H,24,25). The number of hydrogen-bond donors (Lipinski definition) is 3. The fraction of sp³-hybridized carbons (Fsp3) is 0.700. The Labute approximate surface area is 151 Å². The van der Waals surface area contributed by atoms with Crippen LogP contribution < -0.4 is 0 Å². The smallest absolute Gasteiger partial charge is 0.343 e. The Morgan fingerprint density at radius 1 is 0.840 bits per heavy atom. The van der Waals surface area contributed by atoms with E-state index in [1.54, 1.807) is 6.08 Å². The van der Waals surface area contributed by atoms with Crippen molar-refractivity contribution in [3.63, 3.8) is 0 Å². The van der Waals surface area contributed by atoms with E-state index in [1.807, 2.05) is 0 Å². The molecule has 0 bridgehead atoms. The van der Waals surface area contributed by atoms with Gasteiger partial charge in [-0.1, -0.05) is 57.9 Å². The number of Topliss-reactive ketones (excluding diaryl/α,β-unsaturated/α-hetero) is 1. The summed E-state index contributed by atoms with van der Waals surface area (Å²) in [6.45, 7) is 2.33. The Kier molecular flexibility index (Phi) is 14.9. The van der Waals surface area contributed by atoms with Gasteiger partial charge in [0.1, 0.15) is 11.3 Å². The Morgan fingerprint density at radius 3 is 2.08 bits per heavy atom. The van der Waals surface area contributed by atoms with Gasteiger partial charge in [-0.15, -0.1) is 0 Å². The van der Waals surface area contributed by atoms with Gasteiger partial charge in [-0.25, -0.2) is 4.79 Å². The quantitative estimate of drug-likeness (QED) is 0.0932. The van der Waals surface area contributed by atoms with Crippen LogP contribution in [0.3, 0.4) is 0 Å². The van der Waals surface area contributed by atoms with Crippen molar-refractivity contribution >= 4 is 11.8 Å². The number of aliphatic hydroxyl groups excluding tert-OH is 2. The Bertz CT molecular complexity index is 437. The number of carboxylic acids is 1. The Morgan fingerprint density at radius 2 is 1.44 bits per heavy atom. The SMILES string of the molecule is CCCCCCCC(=O)C(C(=O)O)=C(O)C=CCCCCCCCO. The number of aliphatic carboxylic acids is 1. The van der Waals surface area contributed by atoms with Gasteiger partial charge >= 0.3 is 5.97 Å². The molecule has 3 N–H and O–H groups in total. The van der Waals surface area contributed by atoms with Gasteiger partial charge in [-0.2, -0.15) is 0 Å². The normalized spacial score (nSPS) is 12.4. The first-order chi connectivity index (χ1) is 12.0. The molecule has 25 heavy (non-hydrogen) atoms. The number of carbonyl (C=O) groups is 2.